The van der Waals surface area contributed by atoms with Crippen LogP contribution in [0.1, 0.15) is 35.6 Å². The minimum atomic E-state index is -5.16. The molecule has 1 unspecified atom stereocenters. The molecule has 1 aliphatic rings. The zero-order valence-electron chi connectivity index (χ0n) is 22.4. The molecule has 2 rings (SSSR count). The average molecular weight is 615 g/mol. The first-order valence-electron chi connectivity index (χ1n) is 12.8. The van der Waals surface area contributed by atoms with Crippen LogP contribution in [0.5, 0.6) is 0 Å². The molecular weight excluding hydrogens is 582 g/mol. The second-order valence-corrected chi connectivity index (χ2v) is 9.87. The lowest BCUT2D eigenvalue weighted by Gasteiger charge is -2.35. The van der Waals surface area contributed by atoms with Crippen LogP contribution in [-0.2, 0) is 31.5 Å². The summed E-state index contributed by atoms with van der Waals surface area (Å²) < 4.78 is 81.7. The molecule has 0 aromatic heterocycles. The first kappa shape index (κ1) is 34.8. The summed E-state index contributed by atoms with van der Waals surface area (Å²) in [5.74, 6) is -3.67. The summed E-state index contributed by atoms with van der Waals surface area (Å²) in [5.41, 5.74) is -3.71. The fourth-order valence-corrected chi connectivity index (χ4v) is 4.73. The van der Waals surface area contributed by atoms with Gasteiger partial charge >= 0.3 is 30.3 Å². The molecule has 0 saturated carbocycles. The van der Waals surface area contributed by atoms with Crippen LogP contribution in [0.4, 0.5) is 26.3 Å². The van der Waals surface area contributed by atoms with Gasteiger partial charge < -0.3 is 20.2 Å². The molecule has 1 aromatic carbocycles. The number of amides is 1. The molecule has 0 spiro atoms. The van der Waals surface area contributed by atoms with Gasteiger partial charge in [-0.1, -0.05) is 0 Å². The molecule has 1 aromatic rings. The number of aliphatic carboxylic acids is 3. The number of carboxylic acids is 3. The molecule has 1 aliphatic heterocycles. The van der Waals surface area contributed by atoms with Gasteiger partial charge in [0.15, 0.2) is 0 Å². The normalized spacial score (nSPS) is 19.7. The lowest BCUT2D eigenvalue weighted by molar-refractivity contribution is -0.143. The third-order valence-corrected chi connectivity index (χ3v) is 6.61. The van der Waals surface area contributed by atoms with Crippen LogP contribution in [0.25, 0.3) is 0 Å². The van der Waals surface area contributed by atoms with Gasteiger partial charge in [-0.25, -0.2) is 0 Å². The van der Waals surface area contributed by atoms with Crippen molar-refractivity contribution >= 4 is 24.3 Å². The Bertz CT molecular complexity index is 1070. The summed E-state index contributed by atoms with van der Waals surface area (Å²) in [6, 6.07) is -0.502. The van der Waals surface area contributed by atoms with E-state index in [9.17, 15) is 60.8 Å². The van der Waals surface area contributed by atoms with Crippen LogP contribution in [0.3, 0.4) is 0 Å². The van der Waals surface area contributed by atoms with E-state index >= 15 is 0 Å². The molecule has 42 heavy (non-hydrogen) atoms. The van der Waals surface area contributed by atoms with Crippen LogP contribution in [-0.4, -0.2) is 125 Å². The number of rotatable bonds is 8. The molecule has 1 heterocycles. The maximum Gasteiger partial charge on any atom is 0.416 e. The van der Waals surface area contributed by atoms with Gasteiger partial charge in [-0.2, -0.15) is 26.3 Å². The van der Waals surface area contributed by atoms with Crippen molar-refractivity contribution in [3.63, 3.8) is 0 Å². The fraction of sp³-hybridized carbons (Fsp3) is 0.600. The van der Waals surface area contributed by atoms with E-state index in [2.05, 4.69) is 0 Å². The molecule has 0 radical (unpaired) electrons. The molecule has 1 atom stereocenters. The second kappa shape index (κ2) is 15.2. The summed E-state index contributed by atoms with van der Waals surface area (Å²) in [6.45, 7) is -1.73. The SMILES string of the molecule is O=CN1CCCN(CC(=O)O)CCN(CC(=O)O)CCCN(CC(=O)O)CC1c1cc(C(F)(F)F)cc(C(F)(F)F)c1. The molecule has 1 saturated heterocycles. The van der Waals surface area contributed by atoms with E-state index in [0.29, 0.717) is 12.1 Å². The summed E-state index contributed by atoms with van der Waals surface area (Å²) in [6.07, 6.45) is -9.85. The number of benzene rings is 1. The molecule has 3 N–H and O–H groups in total. The first-order chi connectivity index (χ1) is 19.5. The third-order valence-electron chi connectivity index (χ3n) is 6.61. The Balaban J connectivity index is 2.57. The highest BCUT2D eigenvalue weighted by atomic mass is 19.4. The van der Waals surface area contributed by atoms with Gasteiger partial charge in [0.05, 0.1) is 36.8 Å². The maximum absolute atomic E-state index is 13.6. The van der Waals surface area contributed by atoms with Gasteiger partial charge in [0.25, 0.3) is 0 Å². The van der Waals surface area contributed by atoms with Gasteiger partial charge in [0, 0.05) is 45.8 Å². The van der Waals surface area contributed by atoms with Gasteiger partial charge in [0.2, 0.25) is 6.41 Å². The quantitative estimate of drug-likeness (QED) is 0.295. The summed E-state index contributed by atoms with van der Waals surface area (Å²) in [5, 5.41) is 28.0. The largest absolute Gasteiger partial charge is 0.480 e. The number of hydrogen-bond acceptors (Lipinski definition) is 7. The Morgan fingerprint density at radius 3 is 1.50 bits per heavy atom. The molecule has 0 bridgehead atoms. The van der Waals surface area contributed by atoms with Crippen molar-refractivity contribution in [1.29, 1.82) is 0 Å². The molecule has 11 nitrogen and oxygen atoms in total. The minimum Gasteiger partial charge on any atom is -0.480 e. The smallest absolute Gasteiger partial charge is 0.416 e. The van der Waals surface area contributed by atoms with Crippen molar-refractivity contribution in [2.75, 3.05) is 65.4 Å². The standard InChI is InChI=1S/C25H32F6N4O7/c26-24(27,28)18-9-17(10-19(11-18)25(29,30)31)20-12-34(15-23(41)42)5-1-3-32(13-21(37)38)7-8-33(14-22(39)40)4-2-6-35(20)16-36/h9-11,16,20H,1-8,12-15H2,(H,37,38)(H,39,40)(H,41,42). The highest BCUT2D eigenvalue weighted by molar-refractivity contribution is 5.69. The van der Waals surface area contributed by atoms with Crippen molar-refractivity contribution in [2.45, 2.75) is 31.2 Å². The van der Waals surface area contributed by atoms with Crippen molar-refractivity contribution in [3.05, 3.63) is 34.9 Å². The molecular formula is C25H32F6N4O7. The Morgan fingerprint density at radius 1 is 0.690 bits per heavy atom. The minimum absolute atomic E-state index is 0.0461. The topological polar surface area (TPSA) is 142 Å². The van der Waals surface area contributed by atoms with E-state index in [1.165, 1.54) is 14.7 Å². The van der Waals surface area contributed by atoms with E-state index in [0.717, 1.165) is 4.90 Å². The number of halogens is 6. The molecule has 1 amide bonds. The lowest BCUT2D eigenvalue weighted by Crippen LogP contribution is -2.44. The highest BCUT2D eigenvalue weighted by Crippen LogP contribution is 2.38. The predicted molar refractivity (Wildman–Crippen MR) is 133 cm³/mol. The Labute approximate surface area is 236 Å². The van der Waals surface area contributed by atoms with Crippen molar-refractivity contribution in [2.24, 2.45) is 0 Å². The van der Waals surface area contributed by atoms with Crippen LogP contribution in [0.2, 0.25) is 0 Å². The number of carbonyl (C=O) groups is 4. The Kier molecular flexibility index (Phi) is 12.5. The summed E-state index contributed by atoms with van der Waals surface area (Å²) >= 11 is 0. The number of carboxylic acid groups (broad SMARTS) is 3. The second-order valence-electron chi connectivity index (χ2n) is 9.87. The van der Waals surface area contributed by atoms with Gasteiger partial charge in [-0.05, 0) is 36.6 Å². The number of nitrogens with zero attached hydrogens (tertiary/aromatic N) is 4. The molecule has 236 valence electrons. The van der Waals surface area contributed by atoms with E-state index in [1.807, 2.05) is 0 Å². The van der Waals surface area contributed by atoms with Crippen LogP contribution in [0.15, 0.2) is 18.2 Å². The molecule has 0 aliphatic carbocycles. The predicted octanol–water partition coefficient (Wildman–Crippen LogP) is 2.18. The fourth-order valence-electron chi connectivity index (χ4n) is 4.73. The van der Waals surface area contributed by atoms with Crippen molar-refractivity contribution in [1.82, 2.24) is 19.6 Å². The van der Waals surface area contributed by atoms with Crippen LogP contribution in [0, 0.1) is 0 Å². The van der Waals surface area contributed by atoms with Gasteiger partial charge in [-0.3, -0.25) is 33.9 Å². The number of carbonyl (C=O) groups excluding carboxylic acids is 1. The zero-order valence-corrected chi connectivity index (χ0v) is 22.4. The monoisotopic (exact) mass is 614 g/mol. The van der Waals surface area contributed by atoms with Gasteiger partial charge in [-0.15, -0.1) is 0 Å². The molecule has 1 fully saturated rings. The first-order valence-corrected chi connectivity index (χ1v) is 12.8. The van der Waals surface area contributed by atoms with E-state index in [4.69, 9.17) is 0 Å². The van der Waals surface area contributed by atoms with E-state index < -0.39 is 79.2 Å². The van der Waals surface area contributed by atoms with Crippen LogP contribution < -0.4 is 0 Å². The Morgan fingerprint density at radius 2 is 1.10 bits per heavy atom. The summed E-state index contributed by atoms with van der Waals surface area (Å²) in [4.78, 5) is 51.7. The van der Waals surface area contributed by atoms with E-state index in [-0.39, 0.29) is 64.6 Å². The highest BCUT2D eigenvalue weighted by Gasteiger charge is 2.38. The third kappa shape index (κ3) is 11.4. The Hall–Kier alpha value is -3.44. The summed E-state index contributed by atoms with van der Waals surface area (Å²) in [7, 11) is 0. The van der Waals surface area contributed by atoms with Crippen molar-refractivity contribution in [3.8, 4) is 0 Å². The van der Waals surface area contributed by atoms with Crippen LogP contribution >= 0.6 is 0 Å². The van der Waals surface area contributed by atoms with E-state index in [1.54, 1.807) is 0 Å². The van der Waals surface area contributed by atoms with Crippen molar-refractivity contribution < 1.29 is 60.8 Å². The molecule has 17 heteroatoms. The number of hydrogen-bond donors (Lipinski definition) is 3. The lowest BCUT2D eigenvalue weighted by atomic mass is 9.97. The van der Waals surface area contributed by atoms with Gasteiger partial charge in [0.1, 0.15) is 0 Å². The zero-order chi connectivity index (χ0) is 31.7. The maximum atomic E-state index is 13.6. The average Bonchev–Trinajstić information content (AvgIpc) is 2.85. The number of alkyl halides is 6.